The normalized spacial score (nSPS) is 12.0. The average Bonchev–Trinajstić information content (AvgIpc) is 2.46. The van der Waals surface area contributed by atoms with Gasteiger partial charge in [0.15, 0.2) is 0 Å². The lowest BCUT2D eigenvalue weighted by Crippen LogP contribution is -2.23. The van der Waals surface area contributed by atoms with Crippen LogP contribution in [0.25, 0.3) is 11.1 Å². The van der Waals surface area contributed by atoms with Gasteiger partial charge in [-0.2, -0.15) is 0 Å². The van der Waals surface area contributed by atoms with Crippen LogP contribution in [0.1, 0.15) is 39.3 Å². The first-order valence-electron chi connectivity index (χ1n) is 7.60. The monoisotopic (exact) mass is 297 g/mol. The Morgan fingerprint density at radius 2 is 1.68 bits per heavy atom. The molecule has 1 N–H and O–H groups in total. The van der Waals surface area contributed by atoms with Crippen LogP contribution in [-0.4, -0.2) is 12.0 Å². The van der Waals surface area contributed by atoms with E-state index in [1.165, 1.54) is 6.92 Å². The fourth-order valence-electron chi connectivity index (χ4n) is 2.37. The summed E-state index contributed by atoms with van der Waals surface area (Å²) < 4.78 is 5.73. The third kappa shape index (κ3) is 4.35. The molecule has 0 heterocycles. The first-order chi connectivity index (χ1) is 10.5. The SMILES string of the molecule is CC(=O)N[C@H](C)c1ccc(-c2cccc(OC(C)C)c2)cc1. The maximum absolute atomic E-state index is 11.1. The topological polar surface area (TPSA) is 38.3 Å². The van der Waals surface area contributed by atoms with E-state index in [4.69, 9.17) is 4.74 Å². The molecule has 1 amide bonds. The predicted octanol–water partition coefficient (Wildman–Crippen LogP) is 4.34. The number of hydrogen-bond acceptors (Lipinski definition) is 2. The van der Waals surface area contributed by atoms with Gasteiger partial charge in [-0.25, -0.2) is 0 Å². The Labute approximate surface area is 132 Å². The fraction of sp³-hybridized carbons (Fsp3) is 0.316. The van der Waals surface area contributed by atoms with Crippen LogP contribution < -0.4 is 10.1 Å². The van der Waals surface area contributed by atoms with Crippen molar-refractivity contribution in [1.82, 2.24) is 5.32 Å². The molecular weight excluding hydrogens is 274 g/mol. The molecule has 22 heavy (non-hydrogen) atoms. The van der Waals surface area contributed by atoms with E-state index in [0.29, 0.717) is 0 Å². The third-order valence-electron chi connectivity index (χ3n) is 3.37. The van der Waals surface area contributed by atoms with E-state index in [2.05, 4.69) is 23.5 Å². The number of amides is 1. The van der Waals surface area contributed by atoms with Gasteiger partial charge in [0.1, 0.15) is 5.75 Å². The molecule has 0 saturated heterocycles. The predicted molar refractivity (Wildman–Crippen MR) is 89.9 cm³/mol. The van der Waals surface area contributed by atoms with E-state index >= 15 is 0 Å². The van der Waals surface area contributed by atoms with Crippen molar-refractivity contribution in [3.8, 4) is 16.9 Å². The summed E-state index contributed by atoms with van der Waals surface area (Å²) in [6, 6.07) is 16.3. The Morgan fingerprint density at radius 3 is 2.27 bits per heavy atom. The summed E-state index contributed by atoms with van der Waals surface area (Å²) in [4.78, 5) is 11.1. The van der Waals surface area contributed by atoms with E-state index in [1.54, 1.807) is 0 Å². The molecular formula is C19H23NO2. The van der Waals surface area contributed by atoms with Gasteiger partial charge in [0.2, 0.25) is 5.91 Å². The van der Waals surface area contributed by atoms with E-state index in [1.807, 2.05) is 51.1 Å². The molecule has 0 aromatic heterocycles. The number of carbonyl (C=O) groups excluding carboxylic acids is 1. The number of rotatable bonds is 5. The van der Waals surface area contributed by atoms with Crippen molar-refractivity contribution >= 4 is 5.91 Å². The van der Waals surface area contributed by atoms with Crippen LogP contribution in [-0.2, 0) is 4.79 Å². The summed E-state index contributed by atoms with van der Waals surface area (Å²) in [5.74, 6) is 0.860. The zero-order chi connectivity index (χ0) is 16.1. The second-order valence-corrected chi connectivity index (χ2v) is 5.74. The van der Waals surface area contributed by atoms with Gasteiger partial charge >= 0.3 is 0 Å². The molecule has 0 bridgehead atoms. The van der Waals surface area contributed by atoms with Crippen molar-refractivity contribution in [2.75, 3.05) is 0 Å². The summed E-state index contributed by atoms with van der Waals surface area (Å²) in [5, 5.41) is 2.89. The van der Waals surface area contributed by atoms with Gasteiger partial charge in [0.25, 0.3) is 0 Å². The smallest absolute Gasteiger partial charge is 0.217 e. The van der Waals surface area contributed by atoms with Gasteiger partial charge in [-0.15, -0.1) is 0 Å². The highest BCUT2D eigenvalue weighted by Crippen LogP contribution is 2.26. The Bertz CT molecular complexity index is 632. The minimum Gasteiger partial charge on any atom is -0.491 e. The molecule has 0 spiro atoms. The number of ether oxygens (including phenoxy) is 1. The summed E-state index contributed by atoms with van der Waals surface area (Å²) in [6.45, 7) is 7.55. The minimum absolute atomic E-state index is 0.0159. The fourth-order valence-corrected chi connectivity index (χ4v) is 2.37. The number of nitrogens with one attached hydrogen (secondary N) is 1. The van der Waals surface area contributed by atoms with E-state index in [0.717, 1.165) is 22.4 Å². The molecule has 0 saturated carbocycles. The van der Waals surface area contributed by atoms with Crippen LogP contribution in [0.3, 0.4) is 0 Å². The maximum Gasteiger partial charge on any atom is 0.217 e. The Hall–Kier alpha value is -2.29. The van der Waals surface area contributed by atoms with Gasteiger partial charge in [-0.05, 0) is 49.6 Å². The molecule has 0 fully saturated rings. The van der Waals surface area contributed by atoms with Crippen LogP contribution in [0.2, 0.25) is 0 Å². The van der Waals surface area contributed by atoms with E-state index in [-0.39, 0.29) is 18.1 Å². The molecule has 2 aromatic rings. The molecule has 0 aliphatic carbocycles. The molecule has 3 heteroatoms. The number of carbonyl (C=O) groups is 1. The summed E-state index contributed by atoms with van der Waals surface area (Å²) in [6.07, 6.45) is 0.163. The van der Waals surface area contributed by atoms with E-state index < -0.39 is 0 Å². The Balaban J connectivity index is 2.18. The largest absolute Gasteiger partial charge is 0.491 e. The lowest BCUT2D eigenvalue weighted by atomic mass is 10.0. The summed E-state index contributed by atoms with van der Waals surface area (Å²) in [7, 11) is 0. The molecule has 116 valence electrons. The van der Waals surface area contributed by atoms with Gasteiger partial charge in [-0.1, -0.05) is 36.4 Å². The summed E-state index contributed by atoms with van der Waals surface area (Å²) in [5.41, 5.74) is 3.35. The standard InChI is InChI=1S/C19H23NO2/c1-13(2)22-19-7-5-6-18(12-19)17-10-8-16(9-11-17)14(3)20-15(4)21/h5-14H,1-4H3,(H,20,21)/t14-/m1/s1. The zero-order valence-electron chi connectivity index (χ0n) is 13.6. The van der Waals surface area contributed by atoms with Crippen molar-refractivity contribution in [3.05, 3.63) is 54.1 Å². The van der Waals surface area contributed by atoms with Crippen LogP contribution in [0.15, 0.2) is 48.5 Å². The molecule has 3 nitrogen and oxygen atoms in total. The van der Waals surface area contributed by atoms with E-state index in [9.17, 15) is 4.79 Å². The van der Waals surface area contributed by atoms with Gasteiger partial charge in [0.05, 0.1) is 12.1 Å². The van der Waals surface area contributed by atoms with Crippen molar-refractivity contribution < 1.29 is 9.53 Å². The first kappa shape index (κ1) is 16.1. The highest BCUT2D eigenvalue weighted by molar-refractivity contribution is 5.73. The second-order valence-electron chi connectivity index (χ2n) is 5.74. The van der Waals surface area contributed by atoms with Crippen LogP contribution in [0.5, 0.6) is 5.75 Å². The molecule has 2 rings (SSSR count). The van der Waals surface area contributed by atoms with Gasteiger partial charge in [-0.3, -0.25) is 4.79 Å². The number of benzene rings is 2. The minimum atomic E-state index is -0.0184. The van der Waals surface area contributed by atoms with Crippen molar-refractivity contribution in [2.24, 2.45) is 0 Å². The molecule has 2 aromatic carbocycles. The maximum atomic E-state index is 11.1. The zero-order valence-corrected chi connectivity index (χ0v) is 13.6. The molecule has 0 radical (unpaired) electrons. The van der Waals surface area contributed by atoms with Gasteiger partial charge in [0, 0.05) is 6.92 Å². The average molecular weight is 297 g/mol. The Kier molecular flexibility index (Phi) is 5.21. The van der Waals surface area contributed by atoms with Crippen LogP contribution in [0, 0.1) is 0 Å². The molecule has 0 aliphatic heterocycles. The van der Waals surface area contributed by atoms with Crippen molar-refractivity contribution in [2.45, 2.75) is 39.8 Å². The molecule has 1 atom stereocenters. The third-order valence-corrected chi connectivity index (χ3v) is 3.37. The van der Waals surface area contributed by atoms with Crippen LogP contribution in [0.4, 0.5) is 0 Å². The van der Waals surface area contributed by atoms with Crippen molar-refractivity contribution in [1.29, 1.82) is 0 Å². The first-order valence-corrected chi connectivity index (χ1v) is 7.60. The molecule has 0 unspecified atom stereocenters. The quantitative estimate of drug-likeness (QED) is 0.891. The highest BCUT2D eigenvalue weighted by Gasteiger charge is 2.07. The molecule has 0 aliphatic rings. The van der Waals surface area contributed by atoms with Gasteiger partial charge < -0.3 is 10.1 Å². The second kappa shape index (κ2) is 7.12. The van der Waals surface area contributed by atoms with Crippen LogP contribution >= 0.6 is 0 Å². The Morgan fingerprint density at radius 1 is 1.00 bits per heavy atom. The highest BCUT2D eigenvalue weighted by atomic mass is 16.5. The lowest BCUT2D eigenvalue weighted by Gasteiger charge is -2.14. The lowest BCUT2D eigenvalue weighted by molar-refractivity contribution is -0.119. The summed E-state index contributed by atoms with van der Waals surface area (Å²) >= 11 is 0. The van der Waals surface area contributed by atoms with Crippen molar-refractivity contribution in [3.63, 3.8) is 0 Å². The number of hydrogen-bond donors (Lipinski definition) is 1.